The number of carbonyl (C=O) groups is 4. The first kappa shape index (κ1) is 35.8. The summed E-state index contributed by atoms with van der Waals surface area (Å²) >= 11 is 0. The molecule has 2 aromatic heterocycles. The minimum atomic E-state index is -0.452. The topological polar surface area (TPSA) is 130 Å². The summed E-state index contributed by atoms with van der Waals surface area (Å²) in [5.41, 5.74) is 4.27. The third-order valence-corrected chi connectivity index (χ3v) is 12.2. The second-order valence-electron chi connectivity index (χ2n) is 15.6. The molecule has 6 atom stereocenters. The van der Waals surface area contributed by atoms with Crippen molar-refractivity contribution in [3.63, 3.8) is 0 Å². The number of rotatable bonds is 10. The van der Waals surface area contributed by atoms with E-state index in [0.29, 0.717) is 37.8 Å². The lowest BCUT2D eigenvalue weighted by atomic mass is 9.80. The molecule has 10 heteroatoms. The van der Waals surface area contributed by atoms with Crippen molar-refractivity contribution in [1.29, 1.82) is 0 Å². The van der Waals surface area contributed by atoms with Crippen molar-refractivity contribution >= 4 is 45.7 Å². The first-order chi connectivity index (χ1) is 25.3. The van der Waals surface area contributed by atoms with E-state index in [4.69, 9.17) is 0 Å². The van der Waals surface area contributed by atoms with Gasteiger partial charge in [-0.25, -0.2) is 9.59 Å². The molecule has 1 unspecified atom stereocenters. The summed E-state index contributed by atoms with van der Waals surface area (Å²) in [7, 11) is 0. The number of H-pyrrole nitrogens is 2. The van der Waals surface area contributed by atoms with Crippen molar-refractivity contribution in [2.24, 2.45) is 23.7 Å². The Hall–Kier alpha value is -4.60. The Morgan fingerprint density at radius 1 is 0.577 bits per heavy atom. The van der Waals surface area contributed by atoms with Crippen molar-refractivity contribution in [3.8, 4) is 0 Å². The van der Waals surface area contributed by atoms with Gasteiger partial charge in [0.1, 0.15) is 12.1 Å². The second-order valence-corrected chi connectivity index (χ2v) is 15.6. The van der Waals surface area contributed by atoms with Gasteiger partial charge in [0.15, 0.2) is 0 Å². The molecule has 276 valence electrons. The number of aromatic nitrogens is 2. The molecular formula is C42H54N6O4. The number of nitrogens with zero attached hydrogens (tertiary/aromatic N) is 2. The third kappa shape index (κ3) is 7.76. The fourth-order valence-corrected chi connectivity index (χ4v) is 9.21. The Labute approximate surface area is 306 Å². The van der Waals surface area contributed by atoms with E-state index < -0.39 is 12.1 Å². The number of aromatic amines is 2. The SMILES string of the molecule is CC[C@@H]1CCCC(CN2C(=O)N[C@@H](Cc3c[nH]c4ccccc34)C2=O)C1.CC[C@H]1CCC[C@@H](CN2C(=O)N[C@@H](Cc3c[nH]c4ccccc34)C2=O)C1. The zero-order valence-corrected chi connectivity index (χ0v) is 30.7. The number of hydrogen-bond donors (Lipinski definition) is 4. The van der Waals surface area contributed by atoms with E-state index in [1.165, 1.54) is 48.3 Å². The van der Waals surface area contributed by atoms with Gasteiger partial charge >= 0.3 is 12.1 Å². The number of fused-ring (bicyclic) bond motifs is 2. The van der Waals surface area contributed by atoms with E-state index >= 15 is 0 Å². The van der Waals surface area contributed by atoms with Gasteiger partial charge in [-0.3, -0.25) is 19.4 Å². The molecule has 2 aliphatic carbocycles. The maximum Gasteiger partial charge on any atom is 0.324 e. The normalized spacial score (nSPS) is 26.5. The summed E-state index contributed by atoms with van der Waals surface area (Å²) in [4.78, 5) is 59.9. The van der Waals surface area contributed by atoms with Crippen molar-refractivity contribution in [1.82, 2.24) is 30.4 Å². The lowest BCUT2D eigenvalue weighted by Crippen LogP contribution is -2.37. The monoisotopic (exact) mass is 706 g/mol. The third-order valence-electron chi connectivity index (χ3n) is 12.2. The maximum atomic E-state index is 12.8. The predicted octanol–water partition coefficient (Wildman–Crippen LogP) is 7.69. The van der Waals surface area contributed by atoms with Gasteiger partial charge in [0.2, 0.25) is 0 Å². The Bertz CT molecular complexity index is 1760. The van der Waals surface area contributed by atoms with Gasteiger partial charge < -0.3 is 20.6 Å². The van der Waals surface area contributed by atoms with Crippen molar-refractivity contribution in [3.05, 3.63) is 72.1 Å². The minimum Gasteiger partial charge on any atom is -0.361 e. The predicted molar refractivity (Wildman–Crippen MR) is 204 cm³/mol. The summed E-state index contributed by atoms with van der Waals surface area (Å²) in [6, 6.07) is 14.8. The first-order valence-corrected chi connectivity index (χ1v) is 19.6. The molecular weight excluding hydrogens is 653 g/mol. The number of urea groups is 2. The molecule has 4 heterocycles. The molecule has 4 aliphatic rings. The van der Waals surface area contributed by atoms with E-state index in [1.807, 2.05) is 60.9 Å². The van der Waals surface area contributed by atoms with Crippen LogP contribution in [0.25, 0.3) is 21.8 Å². The van der Waals surface area contributed by atoms with E-state index in [2.05, 4.69) is 34.4 Å². The Balaban J connectivity index is 0.000000162. The van der Waals surface area contributed by atoms with E-state index in [0.717, 1.165) is 70.5 Å². The zero-order chi connectivity index (χ0) is 36.2. The summed E-state index contributed by atoms with van der Waals surface area (Å²) in [5.74, 6) is 2.26. The van der Waals surface area contributed by atoms with Crippen molar-refractivity contribution in [2.75, 3.05) is 13.1 Å². The maximum absolute atomic E-state index is 12.8. The molecule has 6 amide bonds. The molecule has 4 fully saturated rings. The smallest absolute Gasteiger partial charge is 0.324 e. The molecule has 4 aromatic rings. The number of amides is 6. The van der Waals surface area contributed by atoms with Gasteiger partial charge in [0, 0.05) is 60.1 Å². The highest BCUT2D eigenvalue weighted by Gasteiger charge is 2.41. The van der Waals surface area contributed by atoms with E-state index in [1.54, 1.807) is 0 Å². The molecule has 8 rings (SSSR count). The average Bonchev–Trinajstić information content (AvgIpc) is 3.91. The molecule has 10 nitrogen and oxygen atoms in total. The quantitative estimate of drug-likeness (QED) is 0.126. The zero-order valence-electron chi connectivity index (χ0n) is 30.7. The molecule has 2 saturated heterocycles. The molecule has 52 heavy (non-hydrogen) atoms. The van der Waals surface area contributed by atoms with Crippen LogP contribution in [0, 0.1) is 23.7 Å². The van der Waals surface area contributed by atoms with Gasteiger partial charge in [-0.1, -0.05) is 88.8 Å². The summed E-state index contributed by atoms with van der Waals surface area (Å²) in [6.45, 7) is 5.62. The number of hydrogen-bond acceptors (Lipinski definition) is 4. The Morgan fingerprint density at radius 2 is 0.981 bits per heavy atom. The van der Waals surface area contributed by atoms with Crippen LogP contribution in [-0.2, 0) is 22.4 Å². The fraction of sp³-hybridized carbons (Fsp3) is 0.524. The van der Waals surface area contributed by atoms with Crippen molar-refractivity contribution in [2.45, 2.75) is 103 Å². The second kappa shape index (κ2) is 16.0. The molecule has 2 saturated carbocycles. The number of benzene rings is 2. The van der Waals surface area contributed by atoms with Gasteiger partial charge in [-0.05, 0) is 72.6 Å². The number of imide groups is 2. The lowest BCUT2D eigenvalue weighted by molar-refractivity contribution is -0.128. The van der Waals surface area contributed by atoms with Gasteiger partial charge in [-0.15, -0.1) is 0 Å². The average molecular weight is 707 g/mol. The first-order valence-electron chi connectivity index (χ1n) is 19.6. The molecule has 4 N–H and O–H groups in total. The van der Waals surface area contributed by atoms with Crippen LogP contribution in [0.4, 0.5) is 9.59 Å². The molecule has 0 spiro atoms. The Morgan fingerprint density at radius 3 is 1.40 bits per heavy atom. The highest BCUT2D eigenvalue weighted by Crippen LogP contribution is 2.34. The molecule has 0 radical (unpaired) electrons. The lowest BCUT2D eigenvalue weighted by Gasteiger charge is -2.30. The highest BCUT2D eigenvalue weighted by atomic mass is 16.2. The minimum absolute atomic E-state index is 0.0705. The largest absolute Gasteiger partial charge is 0.361 e. The van der Waals surface area contributed by atoms with Gasteiger partial charge in [-0.2, -0.15) is 0 Å². The number of nitrogens with one attached hydrogen (secondary N) is 4. The van der Waals surface area contributed by atoms with Crippen LogP contribution in [0.3, 0.4) is 0 Å². The fourth-order valence-electron chi connectivity index (χ4n) is 9.21. The molecule has 2 aromatic carbocycles. The van der Waals surface area contributed by atoms with Crippen LogP contribution in [0.2, 0.25) is 0 Å². The van der Waals surface area contributed by atoms with Crippen LogP contribution in [-0.4, -0.2) is 68.8 Å². The van der Waals surface area contributed by atoms with Crippen LogP contribution < -0.4 is 10.6 Å². The highest BCUT2D eigenvalue weighted by molar-refractivity contribution is 6.05. The summed E-state index contributed by atoms with van der Waals surface area (Å²) < 4.78 is 0. The van der Waals surface area contributed by atoms with Crippen LogP contribution in [0.15, 0.2) is 60.9 Å². The standard InChI is InChI=1S/2C21H27N3O2/c2*1-2-14-6-5-7-15(10-14)13-24-20(25)19(23-21(24)26)11-16-12-22-18-9-4-3-8-17(16)18/h2*3-4,8-9,12,14-15,19,22H,2,5-7,10-11,13H2,1H3,(H,23,26)/t14-,15?,19+;14-,15+,19-/m10/s1. The summed E-state index contributed by atoms with van der Waals surface area (Å²) in [5, 5.41) is 8.02. The summed E-state index contributed by atoms with van der Waals surface area (Å²) in [6.07, 6.45) is 16.9. The van der Waals surface area contributed by atoms with Crippen LogP contribution >= 0.6 is 0 Å². The Kier molecular flexibility index (Phi) is 11.0. The number of para-hydroxylation sites is 2. The number of carbonyl (C=O) groups excluding carboxylic acids is 4. The van der Waals surface area contributed by atoms with Gasteiger partial charge in [0.25, 0.3) is 11.8 Å². The van der Waals surface area contributed by atoms with Gasteiger partial charge in [0.05, 0.1) is 0 Å². The molecule has 2 aliphatic heterocycles. The van der Waals surface area contributed by atoms with E-state index in [-0.39, 0.29) is 23.9 Å². The van der Waals surface area contributed by atoms with Crippen LogP contribution in [0.5, 0.6) is 0 Å². The molecule has 0 bridgehead atoms. The van der Waals surface area contributed by atoms with E-state index in [9.17, 15) is 19.2 Å². The van der Waals surface area contributed by atoms with Crippen LogP contribution in [0.1, 0.15) is 89.2 Å². The van der Waals surface area contributed by atoms with Crippen molar-refractivity contribution < 1.29 is 19.2 Å².